The lowest BCUT2D eigenvalue weighted by Gasteiger charge is -2.10. The molecule has 0 aliphatic carbocycles. The van der Waals surface area contributed by atoms with Gasteiger partial charge in [0.1, 0.15) is 11.5 Å². The van der Waals surface area contributed by atoms with Gasteiger partial charge in [0, 0.05) is 12.0 Å². The highest BCUT2D eigenvalue weighted by Crippen LogP contribution is 2.23. The smallest absolute Gasteiger partial charge is 0.134 e. The van der Waals surface area contributed by atoms with Gasteiger partial charge < -0.3 is 5.11 Å². The van der Waals surface area contributed by atoms with E-state index in [-0.39, 0.29) is 11.5 Å². The molecule has 1 aromatic rings. The zero-order chi connectivity index (χ0) is 14.8. The Labute approximate surface area is 123 Å². The maximum Gasteiger partial charge on any atom is 0.134 e. The summed E-state index contributed by atoms with van der Waals surface area (Å²) in [6.45, 7) is 3.81. The number of hydrogen-bond acceptors (Lipinski definition) is 2. The maximum atomic E-state index is 11.3. The van der Waals surface area contributed by atoms with Crippen LogP contribution in [0.15, 0.2) is 18.2 Å². The summed E-state index contributed by atoms with van der Waals surface area (Å²) < 4.78 is 0. The zero-order valence-electron chi connectivity index (χ0n) is 13.0. The third-order valence-corrected chi connectivity index (χ3v) is 3.72. The molecule has 0 aromatic heterocycles. The molecule has 2 nitrogen and oxygen atoms in total. The van der Waals surface area contributed by atoms with Crippen LogP contribution in [0.4, 0.5) is 0 Å². The lowest BCUT2D eigenvalue weighted by molar-refractivity contribution is -0.116. The third kappa shape index (κ3) is 6.23. The summed E-state index contributed by atoms with van der Waals surface area (Å²) in [7, 11) is 0. The molecule has 2 heteroatoms. The lowest BCUT2D eigenvalue weighted by Crippen LogP contribution is -2.02. The Kier molecular flexibility index (Phi) is 8.01. The van der Waals surface area contributed by atoms with E-state index >= 15 is 0 Å². The SMILES string of the molecule is CCCCCCCCCc1cccc(O)c1CC(C)=O. The van der Waals surface area contributed by atoms with Gasteiger partial charge in [-0.2, -0.15) is 0 Å². The second-order valence-corrected chi connectivity index (χ2v) is 5.66. The number of aryl methyl sites for hydroxylation is 1. The van der Waals surface area contributed by atoms with Crippen molar-refractivity contribution in [2.24, 2.45) is 0 Å². The number of phenolic OH excluding ortho intramolecular Hbond substituents is 1. The molecule has 0 saturated heterocycles. The lowest BCUT2D eigenvalue weighted by atomic mass is 9.96. The topological polar surface area (TPSA) is 37.3 Å². The summed E-state index contributed by atoms with van der Waals surface area (Å²) in [6, 6.07) is 5.58. The number of benzene rings is 1. The molecule has 0 bridgehead atoms. The molecule has 0 aliphatic rings. The molecule has 0 fully saturated rings. The number of hydrogen-bond donors (Lipinski definition) is 1. The Balaban J connectivity index is 2.39. The molecule has 0 atom stereocenters. The molecule has 0 spiro atoms. The molecule has 112 valence electrons. The van der Waals surface area contributed by atoms with Gasteiger partial charge in [-0.05, 0) is 31.4 Å². The van der Waals surface area contributed by atoms with Gasteiger partial charge in [0.2, 0.25) is 0 Å². The van der Waals surface area contributed by atoms with Crippen LogP contribution in [0, 0.1) is 0 Å². The predicted octanol–water partition coefficient (Wildman–Crippen LogP) is 4.82. The van der Waals surface area contributed by atoms with Crippen molar-refractivity contribution in [1.29, 1.82) is 0 Å². The van der Waals surface area contributed by atoms with Gasteiger partial charge in [-0.15, -0.1) is 0 Å². The van der Waals surface area contributed by atoms with Crippen LogP contribution in [0.1, 0.15) is 69.9 Å². The monoisotopic (exact) mass is 276 g/mol. The Hall–Kier alpha value is -1.31. The predicted molar refractivity (Wildman–Crippen MR) is 84.2 cm³/mol. The molecule has 0 saturated carbocycles. The molecule has 0 unspecified atom stereocenters. The minimum atomic E-state index is 0.104. The number of Topliss-reactive ketones (excluding diaryl/α,β-unsaturated/α-hetero) is 1. The van der Waals surface area contributed by atoms with Crippen LogP contribution >= 0.6 is 0 Å². The van der Waals surface area contributed by atoms with Crippen molar-refractivity contribution in [3.05, 3.63) is 29.3 Å². The van der Waals surface area contributed by atoms with Crippen LogP contribution in [0.2, 0.25) is 0 Å². The van der Waals surface area contributed by atoms with Crippen molar-refractivity contribution in [2.45, 2.75) is 71.6 Å². The van der Waals surface area contributed by atoms with Crippen LogP contribution < -0.4 is 0 Å². The van der Waals surface area contributed by atoms with Crippen LogP contribution in [-0.2, 0) is 17.6 Å². The van der Waals surface area contributed by atoms with Gasteiger partial charge in [-0.1, -0.05) is 57.6 Å². The standard InChI is InChI=1S/C18H28O2/c1-3-4-5-6-7-8-9-11-16-12-10-13-18(20)17(16)14-15(2)19/h10,12-13,20H,3-9,11,14H2,1-2H3. The highest BCUT2D eigenvalue weighted by molar-refractivity contribution is 5.79. The van der Waals surface area contributed by atoms with Crippen molar-refractivity contribution in [3.63, 3.8) is 0 Å². The molecule has 20 heavy (non-hydrogen) atoms. The van der Waals surface area contributed by atoms with E-state index < -0.39 is 0 Å². The van der Waals surface area contributed by atoms with Crippen molar-refractivity contribution in [2.75, 3.05) is 0 Å². The Bertz CT molecular complexity index is 410. The maximum absolute atomic E-state index is 11.3. The van der Waals surface area contributed by atoms with E-state index in [4.69, 9.17) is 0 Å². The minimum absolute atomic E-state index is 0.104. The van der Waals surface area contributed by atoms with E-state index in [1.165, 1.54) is 38.5 Å². The van der Waals surface area contributed by atoms with Gasteiger partial charge in [0.05, 0.1) is 0 Å². The highest BCUT2D eigenvalue weighted by Gasteiger charge is 2.09. The molecule has 0 radical (unpaired) electrons. The average molecular weight is 276 g/mol. The number of carbonyl (C=O) groups excluding carboxylic acids is 1. The number of phenols is 1. The summed E-state index contributed by atoms with van der Waals surface area (Å²) in [6.07, 6.45) is 10.3. The van der Waals surface area contributed by atoms with E-state index in [2.05, 4.69) is 6.92 Å². The van der Waals surface area contributed by atoms with Crippen LogP contribution in [0.5, 0.6) is 5.75 Å². The number of ketones is 1. The van der Waals surface area contributed by atoms with Gasteiger partial charge in [-0.25, -0.2) is 0 Å². The molecule has 1 N–H and O–H groups in total. The second-order valence-electron chi connectivity index (χ2n) is 5.66. The molecule has 0 heterocycles. The van der Waals surface area contributed by atoms with E-state index in [0.29, 0.717) is 6.42 Å². The fraction of sp³-hybridized carbons (Fsp3) is 0.611. The molecular weight excluding hydrogens is 248 g/mol. The summed E-state index contributed by atoms with van der Waals surface area (Å²) in [5.41, 5.74) is 1.96. The van der Waals surface area contributed by atoms with Gasteiger partial charge in [0.25, 0.3) is 0 Å². The molecule has 0 aliphatic heterocycles. The summed E-state index contributed by atoms with van der Waals surface area (Å²) in [5.74, 6) is 0.368. The van der Waals surface area contributed by atoms with E-state index in [1.54, 1.807) is 13.0 Å². The highest BCUT2D eigenvalue weighted by atomic mass is 16.3. The van der Waals surface area contributed by atoms with E-state index in [9.17, 15) is 9.90 Å². The quantitative estimate of drug-likeness (QED) is 0.622. The first-order chi connectivity index (χ1) is 9.65. The zero-order valence-corrected chi connectivity index (χ0v) is 13.0. The van der Waals surface area contributed by atoms with Crippen molar-refractivity contribution >= 4 is 5.78 Å². The summed E-state index contributed by atoms with van der Waals surface area (Å²) >= 11 is 0. The summed E-state index contributed by atoms with van der Waals surface area (Å²) in [4.78, 5) is 11.3. The average Bonchev–Trinajstić information content (AvgIpc) is 2.41. The number of aromatic hydroxyl groups is 1. The van der Waals surface area contributed by atoms with Crippen LogP contribution in [-0.4, -0.2) is 10.9 Å². The normalized spacial score (nSPS) is 10.7. The van der Waals surface area contributed by atoms with Crippen LogP contribution in [0.3, 0.4) is 0 Å². The first-order valence-corrected chi connectivity index (χ1v) is 7.94. The largest absolute Gasteiger partial charge is 0.508 e. The van der Waals surface area contributed by atoms with E-state index in [0.717, 1.165) is 24.0 Å². The molecule has 1 aromatic carbocycles. The Morgan fingerprint density at radius 2 is 1.70 bits per heavy atom. The van der Waals surface area contributed by atoms with Gasteiger partial charge in [-0.3, -0.25) is 4.79 Å². The van der Waals surface area contributed by atoms with Gasteiger partial charge >= 0.3 is 0 Å². The Morgan fingerprint density at radius 3 is 2.35 bits per heavy atom. The third-order valence-electron chi connectivity index (χ3n) is 3.72. The Morgan fingerprint density at radius 1 is 1.05 bits per heavy atom. The molecular formula is C18H28O2. The van der Waals surface area contributed by atoms with Gasteiger partial charge in [0.15, 0.2) is 0 Å². The molecule has 0 amide bonds. The van der Waals surface area contributed by atoms with E-state index in [1.807, 2.05) is 12.1 Å². The number of carbonyl (C=O) groups is 1. The first kappa shape index (κ1) is 16.7. The van der Waals surface area contributed by atoms with Crippen molar-refractivity contribution in [3.8, 4) is 5.75 Å². The molecule has 1 rings (SSSR count). The summed E-state index contributed by atoms with van der Waals surface area (Å²) in [5, 5.41) is 9.89. The number of rotatable bonds is 10. The first-order valence-electron chi connectivity index (χ1n) is 7.94. The van der Waals surface area contributed by atoms with Crippen molar-refractivity contribution < 1.29 is 9.90 Å². The second kappa shape index (κ2) is 9.57. The fourth-order valence-corrected chi connectivity index (χ4v) is 2.58. The fourth-order valence-electron chi connectivity index (χ4n) is 2.58. The number of unbranched alkanes of at least 4 members (excludes halogenated alkanes) is 6. The van der Waals surface area contributed by atoms with Crippen molar-refractivity contribution in [1.82, 2.24) is 0 Å². The minimum Gasteiger partial charge on any atom is -0.508 e. The van der Waals surface area contributed by atoms with Crippen LogP contribution in [0.25, 0.3) is 0 Å².